The summed E-state index contributed by atoms with van der Waals surface area (Å²) in [5.41, 5.74) is 15.7. The fraction of sp³-hybridized carbons (Fsp3) is 0.558. The highest BCUT2D eigenvalue weighted by Crippen LogP contribution is 2.45. The molecule has 1 fully saturated rings. The highest BCUT2D eigenvalue weighted by Gasteiger charge is 2.41. The molecular weight excluding hydrogens is 708 g/mol. The van der Waals surface area contributed by atoms with Gasteiger partial charge in [-0.2, -0.15) is 0 Å². The third-order valence-electron chi connectivity index (χ3n) is 12.8. The van der Waals surface area contributed by atoms with Gasteiger partial charge in [0.15, 0.2) is 0 Å². The number of aromatic nitrogens is 1. The fourth-order valence-electron chi connectivity index (χ4n) is 9.51. The average Bonchev–Trinajstić information content (AvgIpc) is 3.12. The first-order chi connectivity index (χ1) is 26.6. The molecule has 57 heavy (non-hydrogen) atoms. The van der Waals surface area contributed by atoms with Crippen LogP contribution < -0.4 is 14.7 Å². The summed E-state index contributed by atoms with van der Waals surface area (Å²) in [5, 5.41) is 1.45. The van der Waals surface area contributed by atoms with Crippen molar-refractivity contribution < 1.29 is 4.48 Å². The maximum absolute atomic E-state index is 2.89. The van der Waals surface area contributed by atoms with E-state index in [1.807, 2.05) is 0 Å². The molecule has 5 heteroatoms. The van der Waals surface area contributed by atoms with E-state index in [1.165, 1.54) is 94.0 Å². The predicted octanol–water partition coefficient (Wildman–Crippen LogP) is 14.3. The van der Waals surface area contributed by atoms with Gasteiger partial charge in [0.05, 0.1) is 0 Å². The zero-order valence-corrected chi connectivity index (χ0v) is 40.2. The Morgan fingerprint density at radius 2 is 0.947 bits per heavy atom. The van der Waals surface area contributed by atoms with Gasteiger partial charge in [-0.3, -0.25) is 0 Å². The SMILES string of the molecule is CC(C)c1cc(C(C)C)c(-c2cccc(-c3c(C(C)C)cc(C(C)C)cc3C(C)C)c2P=[B-](N2C(C)(C)CCCC2(C)C)[n+]2ccc(N(C)C)cc2)c(C(C)C)c1. The lowest BCUT2D eigenvalue weighted by atomic mass is 9.74. The van der Waals surface area contributed by atoms with Gasteiger partial charge in [-0.05, 0) is 148 Å². The molecule has 1 aliphatic rings. The lowest BCUT2D eigenvalue weighted by molar-refractivity contribution is -0.540. The second kappa shape index (κ2) is 17.7. The number of piperidine rings is 1. The number of rotatable bonds is 12. The molecular formula is C52H77BN3P. The van der Waals surface area contributed by atoms with Gasteiger partial charge >= 0.3 is 6.32 Å². The van der Waals surface area contributed by atoms with Gasteiger partial charge in [0.1, 0.15) is 12.4 Å². The zero-order valence-electron chi connectivity index (χ0n) is 39.3. The molecule has 3 nitrogen and oxygen atoms in total. The molecule has 3 aromatic carbocycles. The molecule has 0 atom stereocenters. The molecule has 0 saturated carbocycles. The summed E-state index contributed by atoms with van der Waals surface area (Å²) in [4.78, 5) is 5.10. The lowest BCUT2D eigenvalue weighted by Crippen LogP contribution is -2.69. The fourth-order valence-corrected chi connectivity index (χ4v) is 11.4. The van der Waals surface area contributed by atoms with E-state index >= 15 is 0 Å². The maximum atomic E-state index is 2.89. The highest BCUT2D eigenvalue weighted by atomic mass is 31.1. The molecule has 0 amide bonds. The molecule has 0 spiro atoms. The molecule has 0 unspecified atom stereocenters. The molecule has 5 rings (SSSR count). The first-order valence-electron chi connectivity index (χ1n) is 22.2. The minimum Gasteiger partial charge on any atom is -0.417 e. The van der Waals surface area contributed by atoms with E-state index in [1.54, 1.807) is 0 Å². The Bertz CT molecular complexity index is 1900. The number of pyridine rings is 1. The van der Waals surface area contributed by atoms with Crippen molar-refractivity contribution in [3.8, 4) is 22.3 Å². The van der Waals surface area contributed by atoms with Crippen molar-refractivity contribution in [1.82, 2.24) is 4.81 Å². The van der Waals surface area contributed by atoms with Crippen molar-refractivity contribution in [3.63, 3.8) is 0 Å². The van der Waals surface area contributed by atoms with E-state index in [-0.39, 0.29) is 17.4 Å². The predicted molar refractivity (Wildman–Crippen MR) is 254 cm³/mol. The van der Waals surface area contributed by atoms with Crippen molar-refractivity contribution in [1.29, 1.82) is 0 Å². The maximum Gasteiger partial charge on any atom is 0.318 e. The highest BCUT2D eigenvalue weighted by molar-refractivity contribution is 7.58. The quantitative estimate of drug-likeness (QED) is 0.105. The van der Waals surface area contributed by atoms with Gasteiger partial charge in [-0.1, -0.05) is 132 Å². The van der Waals surface area contributed by atoms with Gasteiger partial charge in [0.25, 0.3) is 0 Å². The molecule has 308 valence electrons. The van der Waals surface area contributed by atoms with Gasteiger partial charge in [-0.15, -0.1) is 0 Å². The van der Waals surface area contributed by atoms with E-state index < -0.39 is 0 Å². The minimum absolute atomic E-state index is 0.0118. The molecule has 0 bridgehead atoms. The van der Waals surface area contributed by atoms with Crippen LogP contribution in [0.3, 0.4) is 0 Å². The van der Waals surface area contributed by atoms with Crippen LogP contribution in [0.5, 0.6) is 0 Å². The summed E-state index contributed by atoms with van der Waals surface area (Å²) in [6.07, 6.45) is 8.40. The van der Waals surface area contributed by atoms with Crippen LogP contribution in [0, 0.1) is 0 Å². The van der Waals surface area contributed by atoms with E-state index in [0.717, 1.165) is 0 Å². The molecule has 1 aliphatic heterocycles. The van der Waals surface area contributed by atoms with Gasteiger partial charge in [-0.25, -0.2) is 8.07 Å². The second-order valence-corrected chi connectivity index (χ2v) is 21.7. The lowest BCUT2D eigenvalue weighted by Gasteiger charge is -2.58. The van der Waals surface area contributed by atoms with Crippen molar-refractivity contribution in [3.05, 3.63) is 100 Å². The van der Waals surface area contributed by atoms with Crippen molar-refractivity contribution >= 4 is 25.4 Å². The Hall–Kier alpha value is -3.07. The van der Waals surface area contributed by atoms with Crippen LogP contribution in [0.15, 0.2) is 67.0 Å². The number of hydrogen-bond donors (Lipinski definition) is 0. The van der Waals surface area contributed by atoms with E-state index in [4.69, 9.17) is 0 Å². The van der Waals surface area contributed by atoms with Crippen molar-refractivity contribution in [2.24, 2.45) is 0 Å². The number of hydrogen-bond acceptors (Lipinski definition) is 1. The number of benzene rings is 3. The Kier molecular flexibility index (Phi) is 13.9. The van der Waals surface area contributed by atoms with E-state index in [9.17, 15) is 0 Å². The number of anilines is 1. The van der Waals surface area contributed by atoms with Crippen LogP contribution in [-0.2, 0) is 0 Å². The van der Waals surface area contributed by atoms with E-state index in [2.05, 4.69) is 206 Å². The van der Waals surface area contributed by atoms with Crippen LogP contribution in [0.25, 0.3) is 22.3 Å². The Morgan fingerprint density at radius 3 is 1.26 bits per heavy atom. The average molecular weight is 786 g/mol. The molecule has 1 aromatic heterocycles. The van der Waals surface area contributed by atoms with Crippen LogP contribution in [-0.4, -0.2) is 36.3 Å². The number of nitrogens with zero attached hydrogens (tertiary/aromatic N) is 3. The smallest absolute Gasteiger partial charge is 0.318 e. The third-order valence-corrected chi connectivity index (χ3v) is 14.3. The summed E-state index contributed by atoms with van der Waals surface area (Å²) in [5.74, 6) is 2.47. The van der Waals surface area contributed by atoms with Crippen LogP contribution >= 0.6 is 8.07 Å². The first kappa shape index (κ1) is 45.0. The largest absolute Gasteiger partial charge is 0.417 e. The van der Waals surface area contributed by atoms with Gasteiger partial charge in [0.2, 0.25) is 0 Å². The van der Waals surface area contributed by atoms with Gasteiger partial charge < -0.3 is 14.2 Å². The molecule has 0 N–H and O–H groups in total. The minimum atomic E-state index is 0.0118. The molecule has 1 saturated heterocycles. The second-order valence-electron chi connectivity index (χ2n) is 20.5. The molecule has 2 heterocycles. The molecule has 0 radical (unpaired) electrons. The Morgan fingerprint density at radius 1 is 0.579 bits per heavy atom. The summed E-state index contributed by atoms with van der Waals surface area (Å²) >= 11 is 0. The van der Waals surface area contributed by atoms with E-state index in [0.29, 0.717) is 35.5 Å². The van der Waals surface area contributed by atoms with Crippen molar-refractivity contribution in [2.75, 3.05) is 19.0 Å². The normalized spacial score (nSPS) is 16.2. The summed E-state index contributed by atoms with van der Waals surface area (Å²) in [6.45, 7) is 38.6. The topological polar surface area (TPSA) is 10.4 Å². The van der Waals surface area contributed by atoms with Crippen LogP contribution in [0.2, 0.25) is 0 Å². The summed E-state index contributed by atoms with van der Waals surface area (Å²) < 4.78 is 2.53. The molecule has 0 aliphatic carbocycles. The Labute approximate surface area is 351 Å². The zero-order chi connectivity index (χ0) is 42.3. The summed E-state index contributed by atoms with van der Waals surface area (Å²) in [6, 6.07) is 22.1. The molecule has 4 aromatic rings. The first-order valence-corrected chi connectivity index (χ1v) is 23.2. The van der Waals surface area contributed by atoms with Gasteiger partial charge in [0, 0.05) is 31.9 Å². The van der Waals surface area contributed by atoms with Crippen LogP contribution in [0.4, 0.5) is 5.69 Å². The Balaban J connectivity index is 2.07. The monoisotopic (exact) mass is 786 g/mol. The third kappa shape index (κ3) is 9.39. The standard InChI is InChI=1S/C52H77BN3P/c1-33(2)39-29-44(35(5)6)48(45(30-39)36(7)8)42-21-19-22-43(49-46(37(9)10)31-40(34(3)4)32-47(49)38(11)12)50(42)57-53(55-27-23-41(24-28-55)54(17)18)56-51(13,14)25-20-26-52(56,15)16/h19,21-24,27-38H,20,25-26H2,1-18H3. The van der Waals surface area contributed by atoms with Crippen molar-refractivity contribution in [2.45, 2.75) is 177 Å². The summed E-state index contributed by atoms with van der Waals surface area (Å²) in [7, 11) is 5.57. The van der Waals surface area contributed by atoms with Crippen LogP contribution in [0.1, 0.15) is 199 Å².